The van der Waals surface area contributed by atoms with E-state index in [1.807, 2.05) is 20.8 Å². The van der Waals surface area contributed by atoms with E-state index in [2.05, 4.69) is 0 Å². The predicted molar refractivity (Wildman–Crippen MR) is 61.2 cm³/mol. The molecule has 4 nitrogen and oxygen atoms in total. The van der Waals surface area contributed by atoms with Crippen molar-refractivity contribution in [1.29, 1.82) is 0 Å². The van der Waals surface area contributed by atoms with Crippen LogP contribution in [0.5, 0.6) is 0 Å². The highest BCUT2D eigenvalue weighted by atomic mass is 16.5. The highest BCUT2D eigenvalue weighted by molar-refractivity contribution is 6.00. The third-order valence-corrected chi connectivity index (χ3v) is 2.68. The number of esters is 1. The fraction of sp³-hybridized carbons (Fsp3) is 0.833. The molecule has 0 heterocycles. The van der Waals surface area contributed by atoms with Crippen LogP contribution in [0.3, 0.4) is 0 Å². The van der Waals surface area contributed by atoms with Crippen LogP contribution in [0, 0.1) is 0 Å². The number of rotatable bonds is 8. The van der Waals surface area contributed by atoms with Crippen LogP contribution in [0.25, 0.3) is 0 Å². The molecule has 0 spiro atoms. The molecule has 0 aliphatic rings. The quantitative estimate of drug-likeness (QED) is 0.473. The molecule has 0 aliphatic carbocycles. The first kappa shape index (κ1) is 15.1. The third kappa shape index (κ3) is 3.93. The Morgan fingerprint density at radius 2 is 1.56 bits per heavy atom. The average Bonchev–Trinajstić information content (AvgIpc) is 2.26. The first-order valence-corrected chi connectivity index (χ1v) is 5.89. The molecule has 16 heavy (non-hydrogen) atoms. The minimum absolute atomic E-state index is 0.183. The first-order chi connectivity index (χ1) is 7.56. The van der Waals surface area contributed by atoms with Gasteiger partial charge in [-0.3, -0.25) is 9.59 Å². The monoisotopic (exact) mass is 230 g/mol. The number of hydrogen-bond donors (Lipinski definition) is 0. The minimum atomic E-state index is -0.818. The van der Waals surface area contributed by atoms with Gasteiger partial charge in [0, 0.05) is 6.61 Å². The summed E-state index contributed by atoms with van der Waals surface area (Å²) in [7, 11) is 0. The largest absolute Gasteiger partial charge is 0.466 e. The molecular weight excluding hydrogens is 208 g/mol. The summed E-state index contributed by atoms with van der Waals surface area (Å²) in [6, 6.07) is 0. The summed E-state index contributed by atoms with van der Waals surface area (Å²) in [5.74, 6) is -0.656. The predicted octanol–water partition coefficient (Wildman–Crippen LogP) is 2.10. The molecule has 0 radical (unpaired) electrons. The summed E-state index contributed by atoms with van der Waals surface area (Å²) in [5, 5.41) is 0. The second-order valence-electron chi connectivity index (χ2n) is 3.54. The molecule has 0 rings (SSSR count). The van der Waals surface area contributed by atoms with Gasteiger partial charge in [-0.25, -0.2) is 0 Å². The highest BCUT2D eigenvalue weighted by Gasteiger charge is 2.36. The van der Waals surface area contributed by atoms with Gasteiger partial charge < -0.3 is 9.47 Å². The Morgan fingerprint density at radius 3 is 1.94 bits per heavy atom. The molecule has 0 bridgehead atoms. The zero-order valence-corrected chi connectivity index (χ0v) is 10.7. The first-order valence-electron chi connectivity index (χ1n) is 5.89. The van der Waals surface area contributed by atoms with Crippen molar-refractivity contribution in [3.05, 3.63) is 0 Å². The van der Waals surface area contributed by atoms with E-state index in [9.17, 15) is 9.59 Å². The number of Topliss-reactive ketones (excluding diaryl/α,β-unsaturated/α-hetero) is 1. The van der Waals surface area contributed by atoms with Gasteiger partial charge in [-0.05, 0) is 26.7 Å². The summed E-state index contributed by atoms with van der Waals surface area (Å²) in [6.45, 7) is 8.11. The van der Waals surface area contributed by atoms with Crippen LogP contribution in [0.15, 0.2) is 0 Å². The average molecular weight is 230 g/mol. The van der Waals surface area contributed by atoms with Gasteiger partial charge in [0.2, 0.25) is 0 Å². The Hall–Kier alpha value is -0.900. The van der Waals surface area contributed by atoms with Crippen molar-refractivity contribution in [2.45, 2.75) is 52.6 Å². The lowest BCUT2D eigenvalue weighted by atomic mass is 9.90. The van der Waals surface area contributed by atoms with Crippen LogP contribution in [0.2, 0.25) is 0 Å². The van der Waals surface area contributed by atoms with Gasteiger partial charge in [-0.1, -0.05) is 13.8 Å². The fourth-order valence-electron chi connectivity index (χ4n) is 1.71. The number of carbonyl (C=O) groups is 2. The fourth-order valence-corrected chi connectivity index (χ4v) is 1.71. The summed E-state index contributed by atoms with van der Waals surface area (Å²) in [4.78, 5) is 23.2. The molecule has 0 saturated heterocycles. The Labute approximate surface area is 97.3 Å². The molecule has 4 heteroatoms. The molecule has 0 amide bonds. The highest BCUT2D eigenvalue weighted by Crippen LogP contribution is 2.23. The van der Waals surface area contributed by atoms with Gasteiger partial charge in [0.05, 0.1) is 6.61 Å². The summed E-state index contributed by atoms with van der Waals surface area (Å²) in [5.41, 5.74) is -0.818. The van der Waals surface area contributed by atoms with E-state index in [1.165, 1.54) is 0 Å². The SMILES string of the molecule is CCOC(=O)CC(=O)C(CC)(CC)OCC. The van der Waals surface area contributed by atoms with Crippen LogP contribution >= 0.6 is 0 Å². The Kier molecular flexibility index (Phi) is 6.97. The smallest absolute Gasteiger partial charge is 0.313 e. The zero-order chi connectivity index (χ0) is 12.6. The van der Waals surface area contributed by atoms with Crippen LogP contribution < -0.4 is 0 Å². The zero-order valence-electron chi connectivity index (χ0n) is 10.7. The Morgan fingerprint density at radius 1 is 1.00 bits per heavy atom. The van der Waals surface area contributed by atoms with E-state index < -0.39 is 11.6 Å². The maximum absolute atomic E-state index is 12.0. The Bertz CT molecular complexity index is 231. The lowest BCUT2D eigenvalue weighted by Crippen LogP contribution is -2.41. The summed E-state index contributed by atoms with van der Waals surface area (Å²) >= 11 is 0. The lowest BCUT2D eigenvalue weighted by molar-refractivity contribution is -0.154. The van der Waals surface area contributed by atoms with Crippen molar-refractivity contribution in [1.82, 2.24) is 0 Å². The maximum atomic E-state index is 12.0. The molecule has 0 aromatic carbocycles. The van der Waals surface area contributed by atoms with Crippen molar-refractivity contribution in [3.63, 3.8) is 0 Å². The number of ether oxygens (including phenoxy) is 2. The van der Waals surface area contributed by atoms with Crippen LogP contribution in [0.1, 0.15) is 47.0 Å². The third-order valence-electron chi connectivity index (χ3n) is 2.68. The van der Waals surface area contributed by atoms with E-state index in [-0.39, 0.29) is 12.2 Å². The van der Waals surface area contributed by atoms with E-state index in [4.69, 9.17) is 9.47 Å². The molecule has 94 valence electrons. The van der Waals surface area contributed by atoms with Gasteiger partial charge in [-0.2, -0.15) is 0 Å². The molecule has 0 N–H and O–H groups in total. The van der Waals surface area contributed by atoms with Crippen LogP contribution in [0.4, 0.5) is 0 Å². The van der Waals surface area contributed by atoms with Gasteiger partial charge in [0.1, 0.15) is 12.0 Å². The summed E-state index contributed by atoms with van der Waals surface area (Å²) in [6.07, 6.45) is 0.959. The van der Waals surface area contributed by atoms with Gasteiger partial charge in [-0.15, -0.1) is 0 Å². The van der Waals surface area contributed by atoms with E-state index in [0.29, 0.717) is 26.1 Å². The van der Waals surface area contributed by atoms with Crippen molar-refractivity contribution < 1.29 is 19.1 Å². The van der Waals surface area contributed by atoms with Crippen molar-refractivity contribution in [3.8, 4) is 0 Å². The molecular formula is C12H22O4. The normalized spacial score (nSPS) is 11.2. The lowest BCUT2D eigenvalue weighted by Gasteiger charge is -2.29. The van der Waals surface area contributed by atoms with Crippen LogP contribution in [-0.4, -0.2) is 30.6 Å². The molecule has 0 saturated carbocycles. The van der Waals surface area contributed by atoms with E-state index in [1.54, 1.807) is 6.92 Å². The standard InChI is InChI=1S/C12H22O4/c1-5-12(6-2,16-8-4)10(13)9-11(14)15-7-3/h5-9H2,1-4H3. The minimum Gasteiger partial charge on any atom is -0.466 e. The Balaban J connectivity index is 4.55. The molecule has 0 fully saturated rings. The molecule has 0 aromatic rings. The maximum Gasteiger partial charge on any atom is 0.313 e. The second-order valence-corrected chi connectivity index (χ2v) is 3.54. The summed E-state index contributed by atoms with van der Waals surface area (Å²) < 4.78 is 10.3. The van der Waals surface area contributed by atoms with Crippen molar-refractivity contribution >= 4 is 11.8 Å². The van der Waals surface area contributed by atoms with Gasteiger partial charge in [0.15, 0.2) is 5.78 Å². The topological polar surface area (TPSA) is 52.6 Å². The molecule has 0 aliphatic heterocycles. The number of ketones is 1. The second kappa shape index (κ2) is 7.39. The molecule has 0 atom stereocenters. The number of carbonyl (C=O) groups excluding carboxylic acids is 2. The van der Waals surface area contributed by atoms with E-state index in [0.717, 1.165) is 0 Å². The van der Waals surface area contributed by atoms with Gasteiger partial charge >= 0.3 is 5.97 Å². The van der Waals surface area contributed by atoms with Crippen LogP contribution in [-0.2, 0) is 19.1 Å². The number of hydrogen-bond acceptors (Lipinski definition) is 4. The van der Waals surface area contributed by atoms with Gasteiger partial charge in [0.25, 0.3) is 0 Å². The molecule has 0 unspecified atom stereocenters. The molecule has 0 aromatic heterocycles. The van der Waals surface area contributed by atoms with E-state index >= 15 is 0 Å². The van der Waals surface area contributed by atoms with Crippen molar-refractivity contribution in [2.75, 3.05) is 13.2 Å². The van der Waals surface area contributed by atoms with Crippen molar-refractivity contribution in [2.24, 2.45) is 0 Å².